The van der Waals surface area contributed by atoms with Crippen LogP contribution in [0.2, 0.25) is 0 Å². The normalized spacial score (nSPS) is 12.7. The maximum Gasteiger partial charge on any atom is 0.156 e. The summed E-state index contributed by atoms with van der Waals surface area (Å²) in [5.74, 6) is 0. The topological polar surface area (TPSA) is 40.5 Å². The van der Waals surface area contributed by atoms with Gasteiger partial charge in [0.15, 0.2) is 6.29 Å². The first-order chi connectivity index (χ1) is 4.06. The van der Waals surface area contributed by atoms with Crippen LogP contribution in [-0.2, 0) is 0 Å². The lowest BCUT2D eigenvalue weighted by molar-refractivity contribution is -0.131. The third-order valence-electron chi connectivity index (χ3n) is 2.24. The van der Waals surface area contributed by atoms with Gasteiger partial charge < -0.3 is 10.2 Å². The minimum Gasteiger partial charge on any atom is -0.368 e. The summed E-state index contributed by atoms with van der Waals surface area (Å²) in [5, 5.41) is 17.7. The lowest BCUT2D eigenvalue weighted by Gasteiger charge is -2.28. The molecule has 0 bridgehead atoms. The molecule has 0 aromatic heterocycles. The van der Waals surface area contributed by atoms with Gasteiger partial charge in [-0.25, -0.2) is 0 Å². The predicted octanol–water partition coefficient (Wildman–Crippen LogP) is 1.12. The van der Waals surface area contributed by atoms with Crippen molar-refractivity contribution in [1.29, 1.82) is 0 Å². The maximum absolute atomic E-state index is 8.83. The number of hydrogen-bond donors (Lipinski definition) is 2. The zero-order valence-electron chi connectivity index (χ0n) is 6.39. The van der Waals surface area contributed by atoms with E-state index >= 15 is 0 Å². The van der Waals surface area contributed by atoms with Crippen LogP contribution in [0, 0.1) is 5.41 Å². The molecule has 2 nitrogen and oxygen atoms in total. The second kappa shape index (κ2) is 3.18. The van der Waals surface area contributed by atoms with E-state index in [1.54, 1.807) is 0 Å². The first-order valence-corrected chi connectivity index (χ1v) is 3.43. The van der Waals surface area contributed by atoms with E-state index in [-0.39, 0.29) is 5.41 Å². The Morgan fingerprint density at radius 3 is 1.56 bits per heavy atom. The van der Waals surface area contributed by atoms with Crippen molar-refractivity contribution in [2.24, 2.45) is 5.41 Å². The summed E-state index contributed by atoms with van der Waals surface area (Å²) in [6.45, 7) is 5.80. The molecule has 0 heterocycles. The lowest BCUT2D eigenvalue weighted by atomic mass is 9.84. The number of rotatable bonds is 3. The third kappa shape index (κ3) is 1.95. The van der Waals surface area contributed by atoms with Crippen molar-refractivity contribution in [2.75, 3.05) is 0 Å². The summed E-state index contributed by atoms with van der Waals surface area (Å²) < 4.78 is 0. The number of aliphatic hydroxyl groups excluding tert-OH is 1. The Bertz CT molecular complexity index is 75.0. The molecule has 0 aliphatic rings. The average molecular weight is 132 g/mol. The van der Waals surface area contributed by atoms with Gasteiger partial charge in [-0.1, -0.05) is 20.8 Å². The van der Waals surface area contributed by atoms with Crippen molar-refractivity contribution < 1.29 is 10.2 Å². The first-order valence-electron chi connectivity index (χ1n) is 3.43. The van der Waals surface area contributed by atoms with E-state index in [0.29, 0.717) is 0 Å². The molecule has 0 fully saturated rings. The van der Waals surface area contributed by atoms with Crippen molar-refractivity contribution in [3.05, 3.63) is 0 Å². The molecule has 0 spiro atoms. The molecule has 56 valence electrons. The van der Waals surface area contributed by atoms with Gasteiger partial charge in [0, 0.05) is 5.41 Å². The molecule has 9 heavy (non-hydrogen) atoms. The molecule has 0 aliphatic carbocycles. The highest BCUT2D eigenvalue weighted by atomic mass is 16.5. The minimum atomic E-state index is -1.17. The highest BCUT2D eigenvalue weighted by Crippen LogP contribution is 2.27. The molecule has 0 atom stereocenters. The molecule has 0 radical (unpaired) electrons. The Kier molecular flexibility index (Phi) is 3.15. The van der Waals surface area contributed by atoms with Crippen molar-refractivity contribution in [1.82, 2.24) is 0 Å². The Morgan fingerprint density at radius 2 is 1.56 bits per heavy atom. The second-order valence-corrected chi connectivity index (χ2v) is 2.73. The molecule has 0 saturated carbocycles. The Morgan fingerprint density at radius 1 is 1.22 bits per heavy atom. The molecule has 2 heteroatoms. The van der Waals surface area contributed by atoms with Crippen LogP contribution in [-0.4, -0.2) is 16.5 Å². The van der Waals surface area contributed by atoms with Gasteiger partial charge in [0.1, 0.15) is 0 Å². The smallest absolute Gasteiger partial charge is 0.156 e. The monoisotopic (exact) mass is 132 g/mol. The summed E-state index contributed by atoms with van der Waals surface area (Å²) in [6.07, 6.45) is 0.440. The van der Waals surface area contributed by atoms with Crippen molar-refractivity contribution in [3.8, 4) is 0 Å². The molecule has 0 unspecified atom stereocenters. The molecule has 0 rings (SSSR count). The van der Waals surface area contributed by atoms with E-state index < -0.39 is 6.29 Å². The Balaban J connectivity index is 3.92. The van der Waals surface area contributed by atoms with Crippen LogP contribution in [0.5, 0.6) is 0 Å². The first kappa shape index (κ1) is 8.92. The van der Waals surface area contributed by atoms with Crippen LogP contribution in [0.25, 0.3) is 0 Å². The summed E-state index contributed by atoms with van der Waals surface area (Å²) in [4.78, 5) is 0. The van der Waals surface area contributed by atoms with E-state index in [1.165, 1.54) is 0 Å². The molecule has 0 aromatic carbocycles. The quantitative estimate of drug-likeness (QED) is 0.565. The molecule has 0 aromatic rings. The van der Waals surface area contributed by atoms with Gasteiger partial charge in [0.05, 0.1) is 0 Å². The molecule has 0 amide bonds. The van der Waals surface area contributed by atoms with Crippen LogP contribution in [0.3, 0.4) is 0 Å². The van der Waals surface area contributed by atoms with Crippen LogP contribution in [0.1, 0.15) is 33.6 Å². The largest absolute Gasteiger partial charge is 0.368 e. The molecular weight excluding hydrogens is 116 g/mol. The highest BCUT2D eigenvalue weighted by Gasteiger charge is 2.26. The fraction of sp³-hybridized carbons (Fsp3) is 1.00. The summed E-state index contributed by atoms with van der Waals surface area (Å²) in [6, 6.07) is 0. The van der Waals surface area contributed by atoms with E-state index in [1.807, 2.05) is 20.8 Å². The van der Waals surface area contributed by atoms with E-state index in [9.17, 15) is 0 Å². The summed E-state index contributed by atoms with van der Waals surface area (Å²) in [5.41, 5.74) is -0.306. The van der Waals surface area contributed by atoms with E-state index in [4.69, 9.17) is 10.2 Å². The van der Waals surface area contributed by atoms with Crippen LogP contribution < -0.4 is 0 Å². The second-order valence-electron chi connectivity index (χ2n) is 2.73. The van der Waals surface area contributed by atoms with Gasteiger partial charge in [0.25, 0.3) is 0 Å². The van der Waals surface area contributed by atoms with Gasteiger partial charge >= 0.3 is 0 Å². The van der Waals surface area contributed by atoms with Crippen molar-refractivity contribution >= 4 is 0 Å². The fourth-order valence-corrected chi connectivity index (χ4v) is 0.615. The Hall–Kier alpha value is -0.0800. The average Bonchev–Trinajstić information content (AvgIpc) is 1.86. The summed E-state index contributed by atoms with van der Waals surface area (Å²) in [7, 11) is 0. The standard InChI is InChI=1S/C7H16O2/c1-4-7(3,5-2)6(8)9/h6,8-9H,4-5H2,1-3H3. The maximum atomic E-state index is 8.83. The number of hydrogen-bond acceptors (Lipinski definition) is 2. The summed E-state index contributed by atoms with van der Waals surface area (Å²) >= 11 is 0. The fourth-order valence-electron chi connectivity index (χ4n) is 0.615. The van der Waals surface area contributed by atoms with Crippen LogP contribution in [0.4, 0.5) is 0 Å². The van der Waals surface area contributed by atoms with E-state index in [0.717, 1.165) is 12.8 Å². The van der Waals surface area contributed by atoms with E-state index in [2.05, 4.69) is 0 Å². The molecule has 0 aliphatic heterocycles. The Labute approximate surface area is 56.5 Å². The number of aliphatic hydroxyl groups is 2. The van der Waals surface area contributed by atoms with Gasteiger partial charge in [-0.2, -0.15) is 0 Å². The molecule has 0 saturated heterocycles. The molecular formula is C7H16O2. The van der Waals surface area contributed by atoms with Gasteiger partial charge in [-0.15, -0.1) is 0 Å². The minimum absolute atomic E-state index is 0.306. The van der Waals surface area contributed by atoms with Gasteiger partial charge in [-0.3, -0.25) is 0 Å². The SMILES string of the molecule is CCC(C)(CC)C(O)O. The zero-order chi connectivity index (χ0) is 7.49. The molecule has 2 N–H and O–H groups in total. The zero-order valence-corrected chi connectivity index (χ0v) is 6.39. The van der Waals surface area contributed by atoms with Crippen molar-refractivity contribution in [3.63, 3.8) is 0 Å². The van der Waals surface area contributed by atoms with Gasteiger partial charge in [0.2, 0.25) is 0 Å². The van der Waals surface area contributed by atoms with Crippen LogP contribution >= 0.6 is 0 Å². The van der Waals surface area contributed by atoms with Crippen LogP contribution in [0.15, 0.2) is 0 Å². The lowest BCUT2D eigenvalue weighted by Crippen LogP contribution is -2.30. The van der Waals surface area contributed by atoms with Gasteiger partial charge in [-0.05, 0) is 12.8 Å². The predicted molar refractivity (Wildman–Crippen MR) is 36.9 cm³/mol. The van der Waals surface area contributed by atoms with Crippen molar-refractivity contribution in [2.45, 2.75) is 39.9 Å². The highest BCUT2D eigenvalue weighted by molar-refractivity contribution is 4.71. The third-order valence-corrected chi connectivity index (χ3v) is 2.24.